The molecule has 0 aliphatic carbocycles. The molecule has 1 aromatic carbocycles. The number of pyridine rings is 3. The molecule has 35 heavy (non-hydrogen) atoms. The van der Waals surface area contributed by atoms with Crippen molar-refractivity contribution < 1.29 is 26.4 Å². The molecule has 0 aliphatic rings. The van der Waals surface area contributed by atoms with Crippen molar-refractivity contribution in [1.29, 1.82) is 0 Å². The molecule has 0 spiro atoms. The minimum Gasteiger partial charge on any atom is -0.384 e. The zero-order chi connectivity index (χ0) is 25.4. The maximum atomic E-state index is 13.9. The molecule has 0 radical (unpaired) electrons. The molecule has 0 aliphatic heterocycles. The monoisotopic (exact) mass is 501 g/mol. The van der Waals surface area contributed by atoms with Crippen LogP contribution in [0.1, 0.15) is 21.5 Å². The average Bonchev–Trinajstić information content (AvgIpc) is 2.81. The summed E-state index contributed by atoms with van der Waals surface area (Å²) in [5, 5.41) is -0.546. The first kappa shape index (κ1) is 24.1. The molecule has 0 fully saturated rings. The second-order valence-corrected chi connectivity index (χ2v) is 9.61. The predicted octanol–water partition coefficient (Wildman–Crippen LogP) is 3.88. The second-order valence-electron chi connectivity index (χ2n) is 7.68. The fourth-order valence-electron chi connectivity index (χ4n) is 3.60. The molecule has 0 saturated carbocycles. The number of nitrogens with two attached hydrogens (primary N) is 1. The van der Waals surface area contributed by atoms with Gasteiger partial charge >= 0.3 is 6.18 Å². The van der Waals surface area contributed by atoms with Gasteiger partial charge in [0.25, 0.3) is 5.91 Å². The number of anilines is 2. The van der Waals surface area contributed by atoms with Gasteiger partial charge in [0.15, 0.2) is 14.9 Å². The molecule has 2 N–H and O–H groups in total. The first-order valence-electron chi connectivity index (χ1n) is 10.1. The van der Waals surface area contributed by atoms with E-state index in [-0.39, 0.29) is 33.5 Å². The summed E-state index contributed by atoms with van der Waals surface area (Å²) in [7, 11) is -3.89. The third-order valence-corrected chi connectivity index (χ3v) is 6.10. The third-order valence-electron chi connectivity index (χ3n) is 5.08. The van der Waals surface area contributed by atoms with Crippen LogP contribution in [0.25, 0.3) is 10.9 Å². The Morgan fingerprint density at radius 3 is 2.49 bits per heavy atom. The Morgan fingerprint density at radius 1 is 1.09 bits per heavy atom. The van der Waals surface area contributed by atoms with Crippen LogP contribution in [0.3, 0.4) is 0 Å². The number of aromatic nitrogens is 3. The first-order chi connectivity index (χ1) is 16.4. The van der Waals surface area contributed by atoms with Crippen LogP contribution in [0.4, 0.5) is 24.7 Å². The number of hydrogen-bond acceptors (Lipinski definition) is 7. The summed E-state index contributed by atoms with van der Waals surface area (Å²) in [4.78, 5) is 26.3. The fraction of sp³-hybridized carbons (Fsp3) is 0.130. The van der Waals surface area contributed by atoms with Crippen molar-refractivity contribution in [1.82, 2.24) is 15.0 Å². The molecule has 4 rings (SSSR count). The van der Waals surface area contributed by atoms with Crippen LogP contribution < -0.4 is 10.6 Å². The van der Waals surface area contributed by atoms with Gasteiger partial charge in [-0.1, -0.05) is 0 Å². The second kappa shape index (κ2) is 8.95. The fourth-order valence-corrected chi connectivity index (χ4v) is 4.41. The molecular formula is C23H18F3N5O3S. The Bertz CT molecular complexity index is 1530. The molecule has 0 saturated heterocycles. The highest BCUT2D eigenvalue weighted by molar-refractivity contribution is 7.90. The number of sulfone groups is 1. The SMILES string of the molecule is CS(=O)(=O)c1ncccc1N(Cc1cc(C(F)(F)F)c2ccc(N)nc2c1)C(=O)c1cccnc1. The van der Waals surface area contributed by atoms with Gasteiger partial charge in [0.2, 0.25) is 0 Å². The lowest BCUT2D eigenvalue weighted by molar-refractivity contribution is -0.136. The van der Waals surface area contributed by atoms with Crippen molar-refractivity contribution in [2.45, 2.75) is 17.7 Å². The standard InChI is InChI=1S/C23H18F3N5O3S/c1-35(33,34)21-19(5-3-9-29-21)31(22(32)15-4-2-8-28-12-15)13-14-10-17(23(24,25)26)16-6-7-20(27)30-18(16)11-14/h2-12H,13H2,1H3,(H2,27,30). The lowest BCUT2D eigenvalue weighted by Gasteiger charge is -2.25. The first-order valence-corrected chi connectivity index (χ1v) is 12.0. The van der Waals surface area contributed by atoms with Gasteiger partial charge in [0, 0.05) is 30.2 Å². The van der Waals surface area contributed by atoms with Crippen LogP contribution in [0.2, 0.25) is 0 Å². The zero-order valence-corrected chi connectivity index (χ0v) is 19.0. The smallest absolute Gasteiger partial charge is 0.384 e. The summed E-state index contributed by atoms with van der Waals surface area (Å²) < 4.78 is 66.4. The Kier molecular flexibility index (Phi) is 6.15. The van der Waals surface area contributed by atoms with Crippen LogP contribution in [0.5, 0.6) is 0 Å². The zero-order valence-electron chi connectivity index (χ0n) is 18.2. The summed E-state index contributed by atoms with van der Waals surface area (Å²) in [6.07, 6.45) is 0.182. The van der Waals surface area contributed by atoms with E-state index < -0.39 is 39.1 Å². The van der Waals surface area contributed by atoms with Gasteiger partial charge in [-0.05, 0) is 54.1 Å². The van der Waals surface area contributed by atoms with Gasteiger partial charge in [-0.25, -0.2) is 18.4 Å². The Labute approximate surface area is 198 Å². The van der Waals surface area contributed by atoms with Crippen LogP contribution >= 0.6 is 0 Å². The molecule has 0 unspecified atom stereocenters. The highest BCUT2D eigenvalue weighted by atomic mass is 32.2. The maximum absolute atomic E-state index is 13.9. The summed E-state index contributed by atoms with van der Waals surface area (Å²) in [5.74, 6) is -0.650. The van der Waals surface area contributed by atoms with Crippen molar-refractivity contribution in [3.05, 3.63) is 83.8 Å². The van der Waals surface area contributed by atoms with E-state index in [2.05, 4.69) is 15.0 Å². The molecule has 3 aromatic heterocycles. The quantitative estimate of drug-likeness (QED) is 0.441. The lowest BCUT2D eigenvalue weighted by atomic mass is 10.0. The Balaban J connectivity index is 1.92. The van der Waals surface area contributed by atoms with Crippen LogP contribution in [0.15, 0.2) is 72.1 Å². The minimum absolute atomic E-state index is 0.0156. The number of nitrogen functional groups attached to an aromatic ring is 1. The molecule has 12 heteroatoms. The van der Waals surface area contributed by atoms with Gasteiger partial charge in [0.05, 0.1) is 28.9 Å². The minimum atomic E-state index is -4.71. The van der Waals surface area contributed by atoms with E-state index in [0.717, 1.165) is 17.2 Å². The van der Waals surface area contributed by atoms with Crippen molar-refractivity contribution in [3.63, 3.8) is 0 Å². The summed E-state index contributed by atoms with van der Waals surface area (Å²) in [5.41, 5.74) is 4.79. The van der Waals surface area contributed by atoms with Crippen molar-refractivity contribution in [2.24, 2.45) is 0 Å². The van der Waals surface area contributed by atoms with Gasteiger partial charge < -0.3 is 10.6 Å². The molecule has 1 amide bonds. The number of amides is 1. The number of rotatable bonds is 5. The van der Waals surface area contributed by atoms with Crippen molar-refractivity contribution in [3.8, 4) is 0 Å². The number of carbonyl (C=O) groups excluding carboxylic acids is 1. The van der Waals surface area contributed by atoms with E-state index in [1.165, 1.54) is 61.1 Å². The van der Waals surface area contributed by atoms with Crippen LogP contribution in [-0.2, 0) is 22.6 Å². The number of fused-ring (bicyclic) bond motifs is 1. The van der Waals surface area contributed by atoms with E-state index in [9.17, 15) is 26.4 Å². The number of benzene rings is 1. The molecule has 8 nitrogen and oxygen atoms in total. The summed E-state index contributed by atoms with van der Waals surface area (Å²) in [6.45, 7) is -0.405. The van der Waals surface area contributed by atoms with E-state index in [1.807, 2.05) is 0 Å². The Hall–Kier alpha value is -4.06. The number of halogens is 3. The number of carbonyl (C=O) groups is 1. The van der Waals surface area contributed by atoms with Crippen molar-refractivity contribution >= 4 is 38.2 Å². The number of alkyl halides is 3. The summed E-state index contributed by atoms with van der Waals surface area (Å²) >= 11 is 0. The van der Waals surface area contributed by atoms with E-state index in [0.29, 0.717) is 0 Å². The van der Waals surface area contributed by atoms with E-state index in [1.54, 1.807) is 0 Å². The third kappa shape index (κ3) is 5.06. The van der Waals surface area contributed by atoms with Gasteiger partial charge in [-0.15, -0.1) is 0 Å². The van der Waals surface area contributed by atoms with E-state index >= 15 is 0 Å². The van der Waals surface area contributed by atoms with E-state index in [4.69, 9.17) is 5.73 Å². The van der Waals surface area contributed by atoms with Crippen molar-refractivity contribution in [2.75, 3.05) is 16.9 Å². The largest absolute Gasteiger partial charge is 0.417 e. The van der Waals surface area contributed by atoms with Crippen LogP contribution in [0, 0.1) is 0 Å². The molecule has 0 bridgehead atoms. The maximum Gasteiger partial charge on any atom is 0.417 e. The average molecular weight is 501 g/mol. The molecule has 4 aromatic rings. The van der Waals surface area contributed by atoms with Gasteiger partial charge in [-0.3, -0.25) is 9.78 Å². The number of hydrogen-bond donors (Lipinski definition) is 1. The molecular weight excluding hydrogens is 483 g/mol. The molecule has 3 heterocycles. The lowest BCUT2D eigenvalue weighted by Crippen LogP contribution is -2.32. The predicted molar refractivity (Wildman–Crippen MR) is 123 cm³/mol. The van der Waals surface area contributed by atoms with Gasteiger partial charge in [0.1, 0.15) is 5.82 Å². The van der Waals surface area contributed by atoms with Gasteiger partial charge in [-0.2, -0.15) is 13.2 Å². The highest BCUT2D eigenvalue weighted by Crippen LogP contribution is 2.36. The summed E-state index contributed by atoms with van der Waals surface area (Å²) in [6, 6.07) is 10.5. The number of nitrogens with zero attached hydrogens (tertiary/aromatic N) is 4. The normalized spacial score (nSPS) is 12.0. The topological polar surface area (TPSA) is 119 Å². The van der Waals surface area contributed by atoms with Crippen LogP contribution in [-0.4, -0.2) is 35.5 Å². The Morgan fingerprint density at radius 2 is 1.83 bits per heavy atom. The molecule has 180 valence electrons. The highest BCUT2D eigenvalue weighted by Gasteiger charge is 2.34. The molecule has 0 atom stereocenters.